The second-order valence-corrected chi connectivity index (χ2v) is 4.32. The van der Waals surface area contributed by atoms with Crippen molar-refractivity contribution in [3.8, 4) is 23.0 Å². The van der Waals surface area contributed by atoms with Gasteiger partial charge in [0.2, 0.25) is 5.82 Å². The zero-order valence-corrected chi connectivity index (χ0v) is 10.8. The van der Waals surface area contributed by atoms with E-state index in [1.54, 1.807) is 12.4 Å². The van der Waals surface area contributed by atoms with E-state index < -0.39 is 0 Å². The van der Waals surface area contributed by atoms with E-state index >= 15 is 0 Å². The quantitative estimate of drug-likeness (QED) is 0.782. The summed E-state index contributed by atoms with van der Waals surface area (Å²) in [5.41, 5.74) is 2.94. The van der Waals surface area contributed by atoms with Crippen LogP contribution in [0.1, 0.15) is 11.3 Å². The van der Waals surface area contributed by atoms with E-state index in [9.17, 15) is 0 Å². The van der Waals surface area contributed by atoms with Gasteiger partial charge in [0.25, 0.3) is 5.89 Å². The van der Waals surface area contributed by atoms with Gasteiger partial charge >= 0.3 is 0 Å². The molecular weight excluding hydrogens is 256 g/mol. The predicted octanol–water partition coefficient (Wildman–Crippen LogP) is 1.99. The van der Waals surface area contributed by atoms with Gasteiger partial charge in [-0.05, 0) is 18.6 Å². The summed E-state index contributed by atoms with van der Waals surface area (Å²) in [6, 6.07) is 7.34. The van der Waals surface area contributed by atoms with Gasteiger partial charge < -0.3 is 9.63 Å². The van der Waals surface area contributed by atoms with Gasteiger partial charge in [-0.1, -0.05) is 23.4 Å². The molecule has 0 saturated carbocycles. The normalized spacial score (nSPS) is 10.7. The SMILES string of the molecule is Cc1cnc(-c2nc(-c3cccc(CO)c3)no2)cn1. The molecule has 1 N–H and O–H groups in total. The lowest BCUT2D eigenvalue weighted by Crippen LogP contribution is -1.88. The average molecular weight is 268 g/mol. The van der Waals surface area contributed by atoms with Crippen LogP contribution in [0.2, 0.25) is 0 Å². The van der Waals surface area contributed by atoms with Gasteiger partial charge in [-0.2, -0.15) is 4.98 Å². The standard InChI is InChI=1S/C14H12N4O2/c1-9-6-16-12(7-15-9)14-17-13(18-20-14)11-4-2-3-10(5-11)8-19/h2-7,19H,8H2,1H3. The first-order chi connectivity index (χ1) is 9.76. The highest BCUT2D eigenvalue weighted by Gasteiger charge is 2.12. The molecule has 2 heterocycles. The van der Waals surface area contributed by atoms with Gasteiger partial charge in [-0.15, -0.1) is 0 Å². The summed E-state index contributed by atoms with van der Waals surface area (Å²) in [5, 5.41) is 13.1. The summed E-state index contributed by atoms with van der Waals surface area (Å²) in [4.78, 5) is 12.6. The summed E-state index contributed by atoms with van der Waals surface area (Å²) in [7, 11) is 0. The summed E-state index contributed by atoms with van der Waals surface area (Å²) in [6.45, 7) is 1.83. The maximum Gasteiger partial charge on any atom is 0.278 e. The maximum absolute atomic E-state index is 9.14. The van der Waals surface area contributed by atoms with Crippen molar-refractivity contribution in [1.82, 2.24) is 20.1 Å². The monoisotopic (exact) mass is 268 g/mol. The minimum absolute atomic E-state index is 0.0258. The van der Waals surface area contributed by atoms with Crippen LogP contribution in [0.3, 0.4) is 0 Å². The lowest BCUT2D eigenvalue weighted by Gasteiger charge is -1.97. The van der Waals surface area contributed by atoms with E-state index in [0.29, 0.717) is 17.4 Å². The van der Waals surface area contributed by atoms with Gasteiger partial charge in [0.1, 0.15) is 5.69 Å². The number of aliphatic hydroxyl groups excluding tert-OH is 1. The molecule has 0 saturated heterocycles. The molecule has 0 aliphatic carbocycles. The number of hydrogen-bond donors (Lipinski definition) is 1. The second-order valence-electron chi connectivity index (χ2n) is 4.32. The third-order valence-electron chi connectivity index (χ3n) is 2.79. The third kappa shape index (κ3) is 2.41. The smallest absolute Gasteiger partial charge is 0.278 e. The van der Waals surface area contributed by atoms with Crippen LogP contribution in [0.15, 0.2) is 41.2 Å². The molecule has 20 heavy (non-hydrogen) atoms. The fourth-order valence-corrected chi connectivity index (χ4v) is 1.76. The maximum atomic E-state index is 9.14. The first kappa shape index (κ1) is 12.4. The minimum Gasteiger partial charge on any atom is -0.392 e. The van der Waals surface area contributed by atoms with Crippen LogP contribution >= 0.6 is 0 Å². The lowest BCUT2D eigenvalue weighted by molar-refractivity contribution is 0.282. The zero-order valence-electron chi connectivity index (χ0n) is 10.8. The second kappa shape index (κ2) is 5.18. The average Bonchev–Trinajstić information content (AvgIpc) is 2.98. The fourth-order valence-electron chi connectivity index (χ4n) is 1.76. The Morgan fingerprint density at radius 2 is 2.10 bits per heavy atom. The highest BCUT2D eigenvalue weighted by atomic mass is 16.5. The van der Waals surface area contributed by atoms with E-state index in [4.69, 9.17) is 9.63 Å². The summed E-state index contributed by atoms with van der Waals surface area (Å²) >= 11 is 0. The van der Waals surface area contributed by atoms with Crippen molar-refractivity contribution in [2.24, 2.45) is 0 Å². The molecular formula is C14H12N4O2. The molecule has 0 bridgehead atoms. The minimum atomic E-state index is -0.0258. The van der Waals surface area contributed by atoms with Gasteiger partial charge in [0, 0.05) is 11.8 Å². The predicted molar refractivity (Wildman–Crippen MR) is 71.4 cm³/mol. The molecule has 6 heteroatoms. The van der Waals surface area contributed by atoms with Crippen molar-refractivity contribution in [2.75, 3.05) is 0 Å². The topological polar surface area (TPSA) is 84.9 Å². The first-order valence-corrected chi connectivity index (χ1v) is 6.09. The Hall–Kier alpha value is -2.60. The molecule has 0 aliphatic heterocycles. The van der Waals surface area contributed by atoms with E-state index in [2.05, 4.69) is 20.1 Å². The Morgan fingerprint density at radius 3 is 2.85 bits per heavy atom. The van der Waals surface area contributed by atoms with E-state index in [1.807, 2.05) is 31.2 Å². The van der Waals surface area contributed by atoms with Crippen LogP contribution in [0.25, 0.3) is 23.0 Å². The van der Waals surface area contributed by atoms with E-state index in [0.717, 1.165) is 16.8 Å². The molecule has 0 spiro atoms. The van der Waals surface area contributed by atoms with E-state index in [-0.39, 0.29) is 6.61 Å². The molecule has 0 radical (unpaired) electrons. The van der Waals surface area contributed by atoms with Gasteiger partial charge in [-0.3, -0.25) is 4.98 Å². The number of nitrogens with zero attached hydrogens (tertiary/aromatic N) is 4. The largest absolute Gasteiger partial charge is 0.392 e. The van der Waals surface area contributed by atoms with Crippen LogP contribution in [0, 0.1) is 6.92 Å². The van der Waals surface area contributed by atoms with Crippen LogP contribution in [-0.4, -0.2) is 25.2 Å². The summed E-state index contributed by atoms with van der Waals surface area (Å²) in [6.07, 6.45) is 3.24. The molecule has 0 atom stereocenters. The first-order valence-electron chi connectivity index (χ1n) is 6.09. The molecule has 3 rings (SSSR count). The number of hydrogen-bond acceptors (Lipinski definition) is 6. The Morgan fingerprint density at radius 1 is 1.20 bits per heavy atom. The molecule has 0 unspecified atom stereocenters. The highest BCUT2D eigenvalue weighted by Crippen LogP contribution is 2.21. The fraction of sp³-hybridized carbons (Fsp3) is 0.143. The van der Waals surface area contributed by atoms with Crippen molar-refractivity contribution in [2.45, 2.75) is 13.5 Å². The molecule has 0 amide bonds. The molecule has 100 valence electrons. The molecule has 1 aromatic carbocycles. The summed E-state index contributed by atoms with van der Waals surface area (Å²) < 4.78 is 5.19. The van der Waals surface area contributed by atoms with Crippen LogP contribution < -0.4 is 0 Å². The van der Waals surface area contributed by atoms with E-state index in [1.165, 1.54) is 0 Å². The summed E-state index contributed by atoms with van der Waals surface area (Å²) in [5.74, 6) is 0.777. The Labute approximate surface area is 115 Å². The van der Waals surface area contributed by atoms with Crippen LogP contribution in [-0.2, 0) is 6.61 Å². The van der Waals surface area contributed by atoms with Crippen LogP contribution in [0.5, 0.6) is 0 Å². The molecule has 0 aliphatic rings. The van der Waals surface area contributed by atoms with Crippen molar-refractivity contribution in [1.29, 1.82) is 0 Å². The van der Waals surface area contributed by atoms with Gasteiger partial charge in [0.15, 0.2) is 0 Å². The molecule has 0 fully saturated rings. The van der Waals surface area contributed by atoms with Gasteiger partial charge in [0.05, 0.1) is 18.5 Å². The molecule has 2 aromatic heterocycles. The van der Waals surface area contributed by atoms with Crippen LogP contribution in [0.4, 0.5) is 0 Å². The number of aryl methyl sites for hydroxylation is 1. The van der Waals surface area contributed by atoms with Crippen molar-refractivity contribution < 1.29 is 9.63 Å². The molecule has 3 aromatic rings. The van der Waals surface area contributed by atoms with Crippen molar-refractivity contribution in [3.63, 3.8) is 0 Å². The zero-order chi connectivity index (χ0) is 13.9. The number of benzene rings is 1. The van der Waals surface area contributed by atoms with Crippen molar-refractivity contribution in [3.05, 3.63) is 47.9 Å². The lowest BCUT2D eigenvalue weighted by atomic mass is 10.1. The number of aliphatic hydroxyl groups is 1. The third-order valence-corrected chi connectivity index (χ3v) is 2.79. The molecule has 6 nitrogen and oxygen atoms in total. The van der Waals surface area contributed by atoms with Gasteiger partial charge in [-0.25, -0.2) is 4.98 Å². The Balaban J connectivity index is 1.95. The Kier molecular flexibility index (Phi) is 3.22. The number of aromatic nitrogens is 4. The Bertz CT molecular complexity index is 722. The highest BCUT2D eigenvalue weighted by molar-refractivity contribution is 5.58. The number of rotatable bonds is 3. The van der Waals surface area contributed by atoms with Crippen molar-refractivity contribution >= 4 is 0 Å².